The van der Waals surface area contributed by atoms with Crippen molar-refractivity contribution in [1.82, 2.24) is 10.2 Å². The second-order valence-electron chi connectivity index (χ2n) is 3.78. The zero-order chi connectivity index (χ0) is 9.97. The Morgan fingerprint density at radius 2 is 2.47 bits per heavy atom. The fourth-order valence-electron chi connectivity index (χ4n) is 1.78. The molecule has 1 fully saturated rings. The minimum Gasteiger partial charge on any atom is -0.314 e. The molecular formula is C10H16BrClN2S. The maximum absolute atomic E-state index is 3.50. The Morgan fingerprint density at radius 1 is 1.67 bits per heavy atom. The third kappa shape index (κ3) is 3.71. The summed E-state index contributed by atoms with van der Waals surface area (Å²) in [6.07, 6.45) is 0. The van der Waals surface area contributed by atoms with Crippen LogP contribution in [0.25, 0.3) is 0 Å². The average Bonchev–Trinajstić information content (AvgIpc) is 2.56. The molecule has 0 spiro atoms. The summed E-state index contributed by atoms with van der Waals surface area (Å²) in [4.78, 5) is 2.53. The predicted molar refractivity (Wildman–Crippen MR) is 72.0 cm³/mol. The number of rotatable bonds is 2. The summed E-state index contributed by atoms with van der Waals surface area (Å²) in [5.41, 5.74) is 1.43. The maximum atomic E-state index is 3.50. The van der Waals surface area contributed by atoms with Gasteiger partial charge < -0.3 is 5.32 Å². The van der Waals surface area contributed by atoms with E-state index in [-0.39, 0.29) is 12.4 Å². The molecule has 86 valence electrons. The van der Waals surface area contributed by atoms with E-state index in [1.54, 1.807) is 11.3 Å². The molecule has 0 unspecified atom stereocenters. The minimum absolute atomic E-state index is 0. The average molecular weight is 312 g/mol. The van der Waals surface area contributed by atoms with E-state index in [1.807, 2.05) is 0 Å². The monoisotopic (exact) mass is 310 g/mol. The molecule has 1 aliphatic heterocycles. The molecule has 0 aromatic carbocycles. The fourth-order valence-corrected chi connectivity index (χ4v) is 2.98. The highest BCUT2D eigenvalue weighted by Crippen LogP contribution is 2.22. The highest BCUT2D eigenvalue weighted by molar-refractivity contribution is 9.11. The van der Waals surface area contributed by atoms with Gasteiger partial charge in [-0.05, 0) is 39.9 Å². The van der Waals surface area contributed by atoms with E-state index in [1.165, 1.54) is 9.35 Å². The van der Waals surface area contributed by atoms with Crippen LogP contribution < -0.4 is 5.32 Å². The van der Waals surface area contributed by atoms with Gasteiger partial charge in [0, 0.05) is 32.2 Å². The number of nitrogens with zero attached hydrogens (tertiary/aromatic N) is 1. The normalized spacial score (nSPS) is 22.4. The summed E-state index contributed by atoms with van der Waals surface area (Å²) in [5.74, 6) is 0. The number of hydrogen-bond donors (Lipinski definition) is 1. The van der Waals surface area contributed by atoms with Crippen LogP contribution in [-0.2, 0) is 6.54 Å². The summed E-state index contributed by atoms with van der Waals surface area (Å²) >= 11 is 5.27. The summed E-state index contributed by atoms with van der Waals surface area (Å²) < 4.78 is 1.23. The van der Waals surface area contributed by atoms with Crippen molar-refractivity contribution < 1.29 is 0 Å². The lowest BCUT2D eigenvalue weighted by Crippen LogP contribution is -2.49. The van der Waals surface area contributed by atoms with Crippen molar-refractivity contribution >= 4 is 39.7 Å². The molecule has 0 bridgehead atoms. The number of hydrogen-bond acceptors (Lipinski definition) is 3. The van der Waals surface area contributed by atoms with Crippen molar-refractivity contribution in [3.63, 3.8) is 0 Å². The van der Waals surface area contributed by atoms with Crippen LogP contribution >= 0.6 is 39.7 Å². The maximum Gasteiger partial charge on any atom is 0.0701 e. The van der Waals surface area contributed by atoms with Crippen molar-refractivity contribution in [1.29, 1.82) is 0 Å². The van der Waals surface area contributed by atoms with Crippen LogP contribution in [0.15, 0.2) is 15.2 Å². The number of piperazine rings is 1. The standard InChI is InChI=1S/C10H15BrN2S.ClH/c1-8-5-12-2-3-13(8)6-9-4-10(11)14-7-9;/h4,7-8,12H,2-3,5-6H2,1H3;1H/t8-;/m0./s1. The first-order chi connectivity index (χ1) is 6.75. The van der Waals surface area contributed by atoms with Crippen LogP contribution in [0.1, 0.15) is 12.5 Å². The Morgan fingerprint density at radius 3 is 3.07 bits per heavy atom. The minimum atomic E-state index is 0. The summed E-state index contributed by atoms with van der Waals surface area (Å²) in [7, 11) is 0. The SMILES string of the molecule is C[C@H]1CNCCN1Cc1csc(Br)c1.Cl. The van der Waals surface area contributed by atoms with Gasteiger partial charge in [-0.1, -0.05) is 0 Å². The molecule has 1 saturated heterocycles. The Kier molecular flexibility index (Phi) is 5.57. The Hall–Kier alpha value is 0.390. The van der Waals surface area contributed by atoms with E-state index in [2.05, 4.69) is 44.5 Å². The second kappa shape index (κ2) is 6.21. The van der Waals surface area contributed by atoms with Crippen molar-refractivity contribution in [2.75, 3.05) is 19.6 Å². The van der Waals surface area contributed by atoms with E-state index < -0.39 is 0 Å². The molecule has 5 heteroatoms. The fraction of sp³-hybridized carbons (Fsp3) is 0.600. The van der Waals surface area contributed by atoms with Gasteiger partial charge in [-0.3, -0.25) is 4.90 Å². The number of halogens is 2. The molecule has 0 amide bonds. The van der Waals surface area contributed by atoms with Crippen LogP contribution in [0.4, 0.5) is 0 Å². The Labute approximate surface area is 110 Å². The van der Waals surface area contributed by atoms with Gasteiger partial charge in [0.25, 0.3) is 0 Å². The van der Waals surface area contributed by atoms with Gasteiger partial charge in [-0.15, -0.1) is 23.7 Å². The molecule has 2 heterocycles. The van der Waals surface area contributed by atoms with E-state index in [0.717, 1.165) is 26.2 Å². The largest absolute Gasteiger partial charge is 0.314 e. The Bertz CT molecular complexity index is 305. The Balaban J connectivity index is 0.00000112. The van der Waals surface area contributed by atoms with Crippen LogP contribution in [0.5, 0.6) is 0 Å². The molecule has 0 radical (unpaired) electrons. The highest BCUT2D eigenvalue weighted by Gasteiger charge is 2.17. The zero-order valence-electron chi connectivity index (χ0n) is 8.70. The number of nitrogens with one attached hydrogen (secondary N) is 1. The topological polar surface area (TPSA) is 15.3 Å². The molecule has 1 atom stereocenters. The van der Waals surface area contributed by atoms with Gasteiger partial charge in [0.05, 0.1) is 3.79 Å². The van der Waals surface area contributed by atoms with Gasteiger partial charge >= 0.3 is 0 Å². The third-order valence-electron chi connectivity index (χ3n) is 2.65. The van der Waals surface area contributed by atoms with Crippen LogP contribution in [0, 0.1) is 0 Å². The van der Waals surface area contributed by atoms with Crippen molar-refractivity contribution in [3.05, 3.63) is 20.8 Å². The second-order valence-corrected chi connectivity index (χ2v) is 6.07. The van der Waals surface area contributed by atoms with Gasteiger partial charge in [-0.2, -0.15) is 0 Å². The van der Waals surface area contributed by atoms with Crippen molar-refractivity contribution in [2.45, 2.75) is 19.5 Å². The van der Waals surface area contributed by atoms with Crippen LogP contribution in [0.3, 0.4) is 0 Å². The quantitative estimate of drug-likeness (QED) is 0.903. The van der Waals surface area contributed by atoms with Gasteiger partial charge in [0.15, 0.2) is 0 Å². The highest BCUT2D eigenvalue weighted by atomic mass is 79.9. The lowest BCUT2D eigenvalue weighted by molar-refractivity contribution is 0.166. The lowest BCUT2D eigenvalue weighted by Gasteiger charge is -2.33. The molecule has 1 aromatic rings. The summed E-state index contributed by atoms with van der Waals surface area (Å²) in [5, 5.41) is 5.64. The summed E-state index contributed by atoms with van der Waals surface area (Å²) in [6.45, 7) is 6.77. The van der Waals surface area contributed by atoms with E-state index in [0.29, 0.717) is 6.04 Å². The van der Waals surface area contributed by atoms with Gasteiger partial charge in [0.1, 0.15) is 0 Å². The van der Waals surface area contributed by atoms with Crippen molar-refractivity contribution in [2.24, 2.45) is 0 Å². The molecule has 0 aliphatic carbocycles. The number of thiophene rings is 1. The molecular weight excluding hydrogens is 296 g/mol. The van der Waals surface area contributed by atoms with Gasteiger partial charge in [0.2, 0.25) is 0 Å². The third-order valence-corrected chi connectivity index (χ3v) is 4.20. The lowest BCUT2D eigenvalue weighted by atomic mass is 10.2. The smallest absolute Gasteiger partial charge is 0.0701 e. The molecule has 2 nitrogen and oxygen atoms in total. The van der Waals surface area contributed by atoms with E-state index in [4.69, 9.17) is 0 Å². The first-order valence-electron chi connectivity index (χ1n) is 4.93. The van der Waals surface area contributed by atoms with Crippen LogP contribution in [-0.4, -0.2) is 30.6 Å². The predicted octanol–water partition coefficient (Wildman–Crippen LogP) is 2.73. The van der Waals surface area contributed by atoms with Crippen molar-refractivity contribution in [3.8, 4) is 0 Å². The molecule has 1 aliphatic rings. The molecule has 1 aromatic heterocycles. The molecule has 15 heavy (non-hydrogen) atoms. The van der Waals surface area contributed by atoms with Gasteiger partial charge in [-0.25, -0.2) is 0 Å². The van der Waals surface area contributed by atoms with E-state index in [9.17, 15) is 0 Å². The molecule has 0 saturated carbocycles. The zero-order valence-corrected chi connectivity index (χ0v) is 11.9. The molecule has 2 rings (SSSR count). The van der Waals surface area contributed by atoms with E-state index >= 15 is 0 Å². The first kappa shape index (κ1) is 13.5. The summed E-state index contributed by atoms with van der Waals surface area (Å²) in [6, 6.07) is 2.88. The van der Waals surface area contributed by atoms with Crippen LogP contribution in [0.2, 0.25) is 0 Å². The molecule has 1 N–H and O–H groups in total. The first-order valence-corrected chi connectivity index (χ1v) is 6.60.